The van der Waals surface area contributed by atoms with E-state index in [1.165, 1.54) is 43.9 Å². The molecule has 1 aromatic carbocycles. The molecule has 1 fully saturated rings. The first kappa shape index (κ1) is 23.7. The van der Waals surface area contributed by atoms with Crippen molar-refractivity contribution in [1.82, 2.24) is 15.5 Å². The molecule has 2 amide bonds. The van der Waals surface area contributed by atoms with Gasteiger partial charge in [-0.1, -0.05) is 45.2 Å². The van der Waals surface area contributed by atoms with Gasteiger partial charge in [-0.15, -0.1) is 11.8 Å². The van der Waals surface area contributed by atoms with Gasteiger partial charge in [0, 0.05) is 24.5 Å². The molecule has 0 saturated heterocycles. The lowest BCUT2D eigenvalue weighted by Gasteiger charge is -2.28. The Morgan fingerprint density at radius 1 is 1.10 bits per heavy atom. The Hall–Kier alpha value is -1.53. The molecule has 1 saturated carbocycles. The van der Waals surface area contributed by atoms with E-state index >= 15 is 0 Å². The normalized spacial score (nSPS) is 15.3. The monoisotopic (exact) mass is 419 g/mol. The molecule has 5 nitrogen and oxygen atoms in total. The second kappa shape index (κ2) is 11.6. The van der Waals surface area contributed by atoms with Crippen LogP contribution >= 0.6 is 11.8 Å². The molecule has 0 aromatic heterocycles. The topological polar surface area (TPSA) is 61.4 Å². The number of rotatable bonds is 10. The number of thioether (sulfide) groups is 1. The molecule has 0 spiro atoms. The number of nitrogens with zero attached hydrogens (tertiary/aromatic N) is 1. The highest BCUT2D eigenvalue weighted by Crippen LogP contribution is 2.24. The first-order valence-electron chi connectivity index (χ1n) is 10.7. The Balaban J connectivity index is 1.84. The van der Waals surface area contributed by atoms with Crippen LogP contribution in [0.15, 0.2) is 29.2 Å². The first-order chi connectivity index (χ1) is 13.8. The summed E-state index contributed by atoms with van der Waals surface area (Å²) < 4.78 is 0. The predicted molar refractivity (Wildman–Crippen MR) is 121 cm³/mol. The van der Waals surface area contributed by atoms with E-state index < -0.39 is 0 Å². The van der Waals surface area contributed by atoms with Gasteiger partial charge in [0.2, 0.25) is 5.91 Å². The zero-order valence-corrected chi connectivity index (χ0v) is 19.2. The summed E-state index contributed by atoms with van der Waals surface area (Å²) >= 11 is 1.43. The Morgan fingerprint density at radius 3 is 2.48 bits per heavy atom. The van der Waals surface area contributed by atoms with Gasteiger partial charge >= 0.3 is 0 Å². The molecule has 0 radical (unpaired) electrons. The van der Waals surface area contributed by atoms with Crippen LogP contribution in [0.2, 0.25) is 0 Å². The van der Waals surface area contributed by atoms with Crippen LogP contribution in [-0.2, 0) is 4.79 Å². The number of hydrogen-bond acceptors (Lipinski definition) is 4. The molecule has 6 heteroatoms. The minimum atomic E-state index is -0.0810. The summed E-state index contributed by atoms with van der Waals surface area (Å²) in [4.78, 5) is 28.0. The number of amides is 2. The number of benzene rings is 1. The van der Waals surface area contributed by atoms with Crippen LogP contribution in [0.1, 0.15) is 56.3 Å². The second-order valence-corrected chi connectivity index (χ2v) is 10.2. The molecular weight excluding hydrogens is 382 g/mol. The predicted octanol–water partition coefficient (Wildman–Crippen LogP) is 3.79. The van der Waals surface area contributed by atoms with E-state index in [2.05, 4.69) is 29.4 Å². The standard InChI is InChI=1S/C23H37N3O2S/c1-23(2,17-26(3)4)16-25-22(28)19-12-8-9-13-20(19)29-15-21(27)24-14-18-10-6-5-7-11-18/h8-9,12-13,18H,5-7,10-11,14-17H2,1-4H3,(H,24,27)(H,25,28). The average Bonchev–Trinajstić information content (AvgIpc) is 2.69. The third-order valence-corrected chi connectivity index (χ3v) is 6.35. The Morgan fingerprint density at radius 2 is 1.79 bits per heavy atom. The zero-order chi connectivity index (χ0) is 21.3. The van der Waals surface area contributed by atoms with E-state index in [1.54, 1.807) is 0 Å². The lowest BCUT2D eigenvalue weighted by molar-refractivity contribution is -0.118. The van der Waals surface area contributed by atoms with Crippen LogP contribution in [-0.4, -0.2) is 56.2 Å². The maximum Gasteiger partial charge on any atom is 0.252 e. The lowest BCUT2D eigenvalue weighted by Crippen LogP contribution is -2.40. The highest BCUT2D eigenvalue weighted by molar-refractivity contribution is 8.00. The number of carbonyl (C=O) groups is 2. The van der Waals surface area contributed by atoms with Crippen molar-refractivity contribution in [2.24, 2.45) is 11.3 Å². The zero-order valence-electron chi connectivity index (χ0n) is 18.4. The van der Waals surface area contributed by atoms with Crippen molar-refractivity contribution in [3.05, 3.63) is 29.8 Å². The molecule has 29 heavy (non-hydrogen) atoms. The molecule has 1 aliphatic carbocycles. The molecule has 2 N–H and O–H groups in total. The number of carbonyl (C=O) groups excluding carboxylic acids is 2. The molecule has 1 aliphatic rings. The smallest absolute Gasteiger partial charge is 0.252 e. The van der Waals surface area contributed by atoms with Gasteiger partial charge in [0.05, 0.1) is 11.3 Å². The number of hydrogen-bond donors (Lipinski definition) is 2. The summed E-state index contributed by atoms with van der Waals surface area (Å²) in [5, 5.41) is 6.13. The van der Waals surface area contributed by atoms with E-state index in [-0.39, 0.29) is 17.2 Å². The Labute approximate surface area is 180 Å². The van der Waals surface area contributed by atoms with Gasteiger partial charge in [-0.2, -0.15) is 0 Å². The van der Waals surface area contributed by atoms with E-state index in [1.807, 2.05) is 38.4 Å². The first-order valence-corrected chi connectivity index (χ1v) is 11.7. The van der Waals surface area contributed by atoms with Crippen molar-refractivity contribution < 1.29 is 9.59 Å². The van der Waals surface area contributed by atoms with Crippen LogP contribution < -0.4 is 10.6 Å². The maximum atomic E-state index is 12.7. The minimum absolute atomic E-state index is 0.0136. The third kappa shape index (κ3) is 8.79. The van der Waals surface area contributed by atoms with Gasteiger partial charge in [0.15, 0.2) is 0 Å². The van der Waals surface area contributed by atoms with Crippen LogP contribution in [0, 0.1) is 11.3 Å². The maximum absolute atomic E-state index is 12.7. The molecule has 0 bridgehead atoms. The van der Waals surface area contributed by atoms with Crippen molar-refractivity contribution in [2.75, 3.05) is 39.5 Å². The van der Waals surface area contributed by atoms with E-state index in [0.29, 0.717) is 23.8 Å². The highest BCUT2D eigenvalue weighted by atomic mass is 32.2. The van der Waals surface area contributed by atoms with E-state index in [9.17, 15) is 9.59 Å². The van der Waals surface area contributed by atoms with Crippen molar-refractivity contribution in [2.45, 2.75) is 50.8 Å². The van der Waals surface area contributed by atoms with Crippen molar-refractivity contribution in [3.8, 4) is 0 Å². The molecule has 1 aromatic rings. The summed E-state index contributed by atoms with van der Waals surface area (Å²) in [5.74, 6) is 0.926. The van der Waals surface area contributed by atoms with Crippen molar-refractivity contribution in [3.63, 3.8) is 0 Å². The van der Waals surface area contributed by atoms with Crippen LogP contribution in [0.25, 0.3) is 0 Å². The molecule has 0 unspecified atom stereocenters. The summed E-state index contributed by atoms with van der Waals surface area (Å²) in [7, 11) is 4.07. The summed E-state index contributed by atoms with van der Waals surface area (Å²) in [6.45, 7) is 6.56. The van der Waals surface area contributed by atoms with Crippen LogP contribution in [0.3, 0.4) is 0 Å². The number of nitrogens with one attached hydrogen (secondary N) is 2. The Bertz CT molecular complexity index is 670. The fourth-order valence-corrected chi connectivity index (χ4v) is 4.83. The SMILES string of the molecule is CN(C)CC(C)(C)CNC(=O)c1ccccc1SCC(=O)NCC1CCCCC1. The fourth-order valence-electron chi connectivity index (χ4n) is 3.95. The Kier molecular flexibility index (Phi) is 9.50. The summed E-state index contributed by atoms with van der Waals surface area (Å²) in [5.41, 5.74) is 0.624. The minimum Gasteiger partial charge on any atom is -0.355 e. The van der Waals surface area contributed by atoms with E-state index in [0.717, 1.165) is 18.0 Å². The van der Waals surface area contributed by atoms with Gasteiger partial charge in [-0.05, 0) is 50.4 Å². The average molecular weight is 420 g/mol. The highest BCUT2D eigenvalue weighted by Gasteiger charge is 2.21. The lowest BCUT2D eigenvalue weighted by atomic mass is 9.89. The molecule has 162 valence electrons. The largest absolute Gasteiger partial charge is 0.355 e. The molecule has 0 heterocycles. The van der Waals surface area contributed by atoms with Gasteiger partial charge in [-0.25, -0.2) is 0 Å². The molecule has 2 rings (SSSR count). The molecule has 0 aliphatic heterocycles. The van der Waals surface area contributed by atoms with Crippen molar-refractivity contribution in [1.29, 1.82) is 0 Å². The quantitative estimate of drug-likeness (QED) is 0.567. The van der Waals surface area contributed by atoms with Crippen LogP contribution in [0.4, 0.5) is 0 Å². The van der Waals surface area contributed by atoms with Gasteiger partial charge < -0.3 is 15.5 Å². The van der Waals surface area contributed by atoms with Crippen molar-refractivity contribution >= 4 is 23.6 Å². The fraction of sp³-hybridized carbons (Fsp3) is 0.652. The summed E-state index contributed by atoms with van der Waals surface area (Å²) in [6.07, 6.45) is 6.33. The molecule has 0 atom stereocenters. The third-order valence-electron chi connectivity index (χ3n) is 5.27. The van der Waals surface area contributed by atoms with E-state index in [4.69, 9.17) is 0 Å². The van der Waals surface area contributed by atoms with Gasteiger partial charge in [0.25, 0.3) is 5.91 Å². The second-order valence-electron chi connectivity index (χ2n) is 9.18. The molecular formula is C23H37N3O2S. The van der Waals surface area contributed by atoms with Gasteiger partial charge in [-0.3, -0.25) is 9.59 Å². The van der Waals surface area contributed by atoms with Crippen LogP contribution in [0.5, 0.6) is 0 Å². The van der Waals surface area contributed by atoms with Gasteiger partial charge in [0.1, 0.15) is 0 Å². The summed E-state index contributed by atoms with van der Waals surface area (Å²) in [6, 6.07) is 7.53.